The molecule has 6 heteroatoms. The van der Waals surface area contributed by atoms with Crippen LogP contribution < -0.4 is 5.32 Å². The molecule has 0 aromatic heterocycles. The molecule has 0 aliphatic rings. The van der Waals surface area contributed by atoms with Gasteiger partial charge >= 0.3 is 0 Å². The van der Waals surface area contributed by atoms with Gasteiger partial charge in [-0.15, -0.1) is 0 Å². The van der Waals surface area contributed by atoms with Crippen molar-refractivity contribution < 1.29 is 12.8 Å². The highest BCUT2D eigenvalue weighted by atomic mass is 35.5. The van der Waals surface area contributed by atoms with E-state index in [1.807, 2.05) is 6.92 Å². The molecule has 0 aliphatic carbocycles. The monoisotopic (exact) mass is 307 g/mol. The molecule has 0 fully saturated rings. The average Bonchev–Trinajstić information content (AvgIpc) is 2.26. The van der Waals surface area contributed by atoms with Crippen molar-refractivity contribution >= 4 is 21.4 Å². The van der Waals surface area contributed by atoms with Crippen LogP contribution in [0.25, 0.3) is 0 Å². The van der Waals surface area contributed by atoms with Crippen molar-refractivity contribution in [2.75, 3.05) is 18.6 Å². The molecule has 0 heterocycles. The topological polar surface area (TPSA) is 46.2 Å². The van der Waals surface area contributed by atoms with Gasteiger partial charge in [0.25, 0.3) is 0 Å². The summed E-state index contributed by atoms with van der Waals surface area (Å²) in [7, 11) is -2.98. The second kappa shape index (κ2) is 7.22. The highest BCUT2D eigenvalue weighted by Gasteiger charge is 2.15. The maximum Gasteiger partial charge on any atom is 0.147 e. The summed E-state index contributed by atoms with van der Waals surface area (Å²) < 4.78 is 36.1. The summed E-state index contributed by atoms with van der Waals surface area (Å²) in [6.45, 7) is 2.61. The van der Waals surface area contributed by atoms with Gasteiger partial charge in [-0.25, -0.2) is 12.8 Å². The molecular weight excluding hydrogens is 289 g/mol. The quantitative estimate of drug-likeness (QED) is 0.842. The molecule has 0 saturated carbocycles. The maximum absolute atomic E-state index is 13.8. The minimum atomic E-state index is -2.98. The highest BCUT2D eigenvalue weighted by Crippen LogP contribution is 2.24. The van der Waals surface area contributed by atoms with Crippen LogP contribution in [0, 0.1) is 5.82 Å². The summed E-state index contributed by atoms with van der Waals surface area (Å²) in [5.41, 5.74) is 0.528. The lowest BCUT2D eigenvalue weighted by Gasteiger charge is -2.19. The van der Waals surface area contributed by atoms with Crippen LogP contribution in [0.15, 0.2) is 18.2 Å². The van der Waals surface area contributed by atoms with Crippen LogP contribution in [0.2, 0.25) is 5.02 Å². The van der Waals surface area contributed by atoms with E-state index in [0.29, 0.717) is 30.0 Å². The van der Waals surface area contributed by atoms with Crippen LogP contribution in [0.5, 0.6) is 0 Å². The first-order valence-corrected chi connectivity index (χ1v) is 8.63. The molecule has 108 valence electrons. The largest absolute Gasteiger partial charge is 0.310 e. The number of hydrogen-bond acceptors (Lipinski definition) is 3. The molecule has 0 aliphatic heterocycles. The van der Waals surface area contributed by atoms with Crippen molar-refractivity contribution in [3.63, 3.8) is 0 Å². The van der Waals surface area contributed by atoms with E-state index in [1.165, 1.54) is 12.3 Å². The third kappa shape index (κ3) is 5.89. The molecule has 0 bridgehead atoms. The van der Waals surface area contributed by atoms with Gasteiger partial charge in [0.1, 0.15) is 15.7 Å². The van der Waals surface area contributed by atoms with E-state index >= 15 is 0 Å². The van der Waals surface area contributed by atoms with Crippen molar-refractivity contribution in [2.24, 2.45) is 0 Å². The standard InChI is InChI=1S/C13H19ClFNO2S/c1-3-16-13(5-4-8-19(2,17)18)11-7-6-10(14)9-12(11)15/h6-7,9,13,16H,3-5,8H2,1-2H3. The molecule has 19 heavy (non-hydrogen) atoms. The average molecular weight is 308 g/mol. The third-order valence-corrected chi connectivity index (χ3v) is 4.06. The summed E-state index contributed by atoms with van der Waals surface area (Å²) >= 11 is 5.72. The number of hydrogen-bond donors (Lipinski definition) is 1. The smallest absolute Gasteiger partial charge is 0.147 e. The van der Waals surface area contributed by atoms with Gasteiger partial charge in [-0.1, -0.05) is 24.6 Å². The van der Waals surface area contributed by atoms with Crippen LogP contribution in [-0.2, 0) is 9.84 Å². The Morgan fingerprint density at radius 2 is 2.11 bits per heavy atom. The van der Waals surface area contributed by atoms with Gasteiger partial charge in [-0.05, 0) is 31.5 Å². The molecule has 0 amide bonds. The van der Waals surface area contributed by atoms with Crippen molar-refractivity contribution in [1.82, 2.24) is 5.32 Å². The molecule has 1 rings (SSSR count). The number of benzene rings is 1. The molecule has 0 radical (unpaired) electrons. The lowest BCUT2D eigenvalue weighted by molar-refractivity contribution is 0.480. The zero-order chi connectivity index (χ0) is 14.5. The number of nitrogens with one attached hydrogen (secondary N) is 1. The van der Waals surface area contributed by atoms with E-state index in [2.05, 4.69) is 5.32 Å². The van der Waals surface area contributed by atoms with Gasteiger partial charge < -0.3 is 5.32 Å². The van der Waals surface area contributed by atoms with Crippen LogP contribution in [0.4, 0.5) is 4.39 Å². The fourth-order valence-corrected chi connectivity index (χ4v) is 2.80. The van der Waals surface area contributed by atoms with Crippen molar-refractivity contribution in [3.05, 3.63) is 34.6 Å². The fraction of sp³-hybridized carbons (Fsp3) is 0.538. The molecule has 1 atom stereocenters. The lowest BCUT2D eigenvalue weighted by Crippen LogP contribution is -2.22. The summed E-state index contributed by atoms with van der Waals surface area (Å²) in [5, 5.41) is 3.52. The first kappa shape index (κ1) is 16.4. The number of rotatable bonds is 7. The Morgan fingerprint density at radius 3 is 2.63 bits per heavy atom. The van der Waals surface area contributed by atoms with Crippen LogP contribution in [-0.4, -0.2) is 27.0 Å². The van der Waals surface area contributed by atoms with Gasteiger partial charge in [0.15, 0.2) is 0 Å². The molecule has 3 nitrogen and oxygen atoms in total. The number of halogens is 2. The van der Waals surface area contributed by atoms with Crippen molar-refractivity contribution in [3.8, 4) is 0 Å². The molecule has 1 N–H and O–H groups in total. The Morgan fingerprint density at radius 1 is 1.42 bits per heavy atom. The normalized spacial score (nSPS) is 13.5. The van der Waals surface area contributed by atoms with Gasteiger partial charge in [0.2, 0.25) is 0 Å². The van der Waals surface area contributed by atoms with E-state index in [4.69, 9.17) is 11.6 Å². The zero-order valence-corrected chi connectivity index (χ0v) is 12.7. The van der Waals surface area contributed by atoms with Crippen LogP contribution in [0.1, 0.15) is 31.4 Å². The first-order chi connectivity index (χ1) is 8.83. The van der Waals surface area contributed by atoms with Crippen LogP contribution >= 0.6 is 11.6 Å². The Balaban J connectivity index is 2.76. The second-order valence-corrected chi connectivity index (χ2v) is 7.24. The summed E-state index contributed by atoms with van der Waals surface area (Å²) in [5.74, 6) is -0.248. The first-order valence-electron chi connectivity index (χ1n) is 6.19. The van der Waals surface area contributed by atoms with Gasteiger partial charge in [0.05, 0.1) is 0 Å². The predicted molar refractivity (Wildman–Crippen MR) is 76.8 cm³/mol. The van der Waals surface area contributed by atoms with Gasteiger partial charge in [-0.2, -0.15) is 0 Å². The van der Waals surface area contributed by atoms with E-state index < -0.39 is 9.84 Å². The Bertz CT molecular complexity index is 519. The van der Waals surface area contributed by atoms with E-state index in [0.717, 1.165) is 0 Å². The van der Waals surface area contributed by atoms with Crippen LogP contribution in [0.3, 0.4) is 0 Å². The Hall–Kier alpha value is -0.650. The van der Waals surface area contributed by atoms with Gasteiger partial charge in [-0.3, -0.25) is 0 Å². The summed E-state index contributed by atoms with van der Waals surface area (Å²) in [4.78, 5) is 0. The summed E-state index contributed by atoms with van der Waals surface area (Å²) in [6, 6.07) is 4.37. The molecular formula is C13H19ClFNO2S. The van der Waals surface area contributed by atoms with E-state index in [9.17, 15) is 12.8 Å². The second-order valence-electron chi connectivity index (χ2n) is 4.55. The van der Waals surface area contributed by atoms with Gasteiger partial charge in [0, 0.05) is 28.6 Å². The van der Waals surface area contributed by atoms with Crippen molar-refractivity contribution in [2.45, 2.75) is 25.8 Å². The minimum absolute atomic E-state index is 0.115. The Kier molecular flexibility index (Phi) is 6.23. The zero-order valence-electron chi connectivity index (χ0n) is 11.1. The maximum atomic E-state index is 13.8. The fourth-order valence-electron chi connectivity index (χ4n) is 1.95. The molecule has 1 unspecified atom stereocenters. The third-order valence-electron chi connectivity index (χ3n) is 2.80. The van der Waals surface area contributed by atoms with E-state index in [-0.39, 0.29) is 17.6 Å². The predicted octanol–water partition coefficient (Wildman–Crippen LogP) is 2.95. The van der Waals surface area contributed by atoms with Crippen molar-refractivity contribution in [1.29, 1.82) is 0 Å². The molecule has 0 spiro atoms. The SMILES string of the molecule is CCNC(CCCS(C)(=O)=O)c1ccc(Cl)cc1F. The Labute approximate surface area is 119 Å². The molecule has 1 aromatic carbocycles. The number of sulfone groups is 1. The van der Waals surface area contributed by atoms with E-state index in [1.54, 1.807) is 12.1 Å². The molecule has 0 saturated heterocycles. The minimum Gasteiger partial charge on any atom is -0.310 e. The highest BCUT2D eigenvalue weighted by molar-refractivity contribution is 7.90. The lowest BCUT2D eigenvalue weighted by atomic mass is 10.0. The summed E-state index contributed by atoms with van der Waals surface area (Å²) in [6.07, 6.45) is 2.27. The molecule has 1 aromatic rings.